The number of ether oxygens (including phenoxy) is 6. The third-order valence-corrected chi connectivity index (χ3v) is 5.31. The molecule has 0 heterocycles. The van der Waals surface area contributed by atoms with E-state index in [0.29, 0.717) is 11.8 Å². The Labute approximate surface area is 160 Å². The minimum Gasteiger partial charge on any atom is -0.381 e. The maximum Gasteiger partial charge on any atom is 0.156 e. The Morgan fingerprint density at radius 3 is 1.58 bits per heavy atom. The molecule has 0 spiro atoms. The van der Waals surface area contributed by atoms with Crippen LogP contribution in [0.1, 0.15) is 52.4 Å². The zero-order valence-electron chi connectivity index (χ0n) is 18.2. The summed E-state index contributed by atoms with van der Waals surface area (Å²) in [6.45, 7) is 4.38. The molecule has 0 rings (SSSR count). The first kappa shape index (κ1) is 25.8. The first-order chi connectivity index (χ1) is 12.5. The molecule has 6 heteroatoms. The van der Waals surface area contributed by atoms with Gasteiger partial charge in [-0.15, -0.1) is 0 Å². The Hall–Kier alpha value is -0.240. The lowest BCUT2D eigenvalue weighted by Gasteiger charge is -2.32. The van der Waals surface area contributed by atoms with Gasteiger partial charge in [0.15, 0.2) is 12.6 Å². The van der Waals surface area contributed by atoms with E-state index in [4.69, 9.17) is 28.4 Å². The lowest BCUT2D eigenvalue weighted by Crippen LogP contribution is -2.34. The van der Waals surface area contributed by atoms with Crippen molar-refractivity contribution in [3.8, 4) is 0 Å². The van der Waals surface area contributed by atoms with Crippen molar-refractivity contribution in [2.24, 2.45) is 11.8 Å². The van der Waals surface area contributed by atoms with Gasteiger partial charge in [0.2, 0.25) is 0 Å². The van der Waals surface area contributed by atoms with Gasteiger partial charge in [-0.25, -0.2) is 0 Å². The average molecular weight is 379 g/mol. The van der Waals surface area contributed by atoms with E-state index < -0.39 is 0 Å². The van der Waals surface area contributed by atoms with Crippen LogP contribution in [0.5, 0.6) is 0 Å². The van der Waals surface area contributed by atoms with Crippen molar-refractivity contribution >= 4 is 0 Å². The summed E-state index contributed by atoms with van der Waals surface area (Å²) < 4.78 is 32.6. The number of hydrogen-bond donors (Lipinski definition) is 0. The van der Waals surface area contributed by atoms with Crippen LogP contribution in [0.4, 0.5) is 0 Å². The minimum atomic E-state index is -0.145. The van der Waals surface area contributed by atoms with Crippen LogP contribution in [0.2, 0.25) is 0 Å². The molecule has 6 nitrogen and oxygen atoms in total. The van der Waals surface area contributed by atoms with E-state index >= 15 is 0 Å². The molecule has 0 radical (unpaired) electrons. The Bertz CT molecular complexity index is 307. The zero-order valence-corrected chi connectivity index (χ0v) is 18.2. The predicted octanol–water partition coefficient (Wildman–Crippen LogP) is 3.87. The summed E-state index contributed by atoms with van der Waals surface area (Å²) in [5.41, 5.74) is 0. The van der Waals surface area contributed by atoms with Crippen molar-refractivity contribution in [3.05, 3.63) is 0 Å². The van der Waals surface area contributed by atoms with Gasteiger partial charge >= 0.3 is 0 Å². The van der Waals surface area contributed by atoms with Crippen LogP contribution in [-0.2, 0) is 28.4 Å². The molecule has 158 valence electrons. The first-order valence-corrected chi connectivity index (χ1v) is 9.63. The molecule has 0 aromatic rings. The van der Waals surface area contributed by atoms with Gasteiger partial charge in [-0.2, -0.15) is 0 Å². The molecule has 0 amide bonds. The Kier molecular flexibility index (Phi) is 15.6. The summed E-state index contributed by atoms with van der Waals surface area (Å²) in [6.07, 6.45) is 5.83. The Balaban J connectivity index is 4.64. The third kappa shape index (κ3) is 10.2. The fraction of sp³-hybridized carbons (Fsp3) is 1.00. The fourth-order valence-electron chi connectivity index (χ4n) is 3.46. The maximum absolute atomic E-state index is 5.87. The van der Waals surface area contributed by atoms with Gasteiger partial charge in [-0.05, 0) is 51.4 Å². The summed E-state index contributed by atoms with van der Waals surface area (Å²) in [4.78, 5) is 0. The molecule has 0 N–H and O–H groups in total. The van der Waals surface area contributed by atoms with Crippen LogP contribution < -0.4 is 0 Å². The fourth-order valence-corrected chi connectivity index (χ4v) is 3.46. The Morgan fingerprint density at radius 1 is 0.577 bits per heavy atom. The van der Waals surface area contributed by atoms with E-state index in [-0.39, 0.29) is 24.8 Å². The van der Waals surface area contributed by atoms with Gasteiger partial charge < -0.3 is 28.4 Å². The van der Waals surface area contributed by atoms with Crippen LogP contribution in [0.15, 0.2) is 0 Å². The van der Waals surface area contributed by atoms with E-state index in [9.17, 15) is 0 Å². The second-order valence-electron chi connectivity index (χ2n) is 7.03. The summed E-state index contributed by atoms with van der Waals surface area (Å²) in [6, 6.07) is 0. The molecule has 0 aromatic carbocycles. The Morgan fingerprint density at radius 2 is 1.12 bits per heavy atom. The molecule has 4 atom stereocenters. The number of hydrogen-bond acceptors (Lipinski definition) is 6. The first-order valence-electron chi connectivity index (χ1n) is 9.63. The summed E-state index contributed by atoms with van der Waals surface area (Å²) in [7, 11) is 10.3. The molecule has 0 aromatic heterocycles. The lowest BCUT2D eigenvalue weighted by molar-refractivity contribution is -0.111. The van der Waals surface area contributed by atoms with Crippen molar-refractivity contribution in [3.63, 3.8) is 0 Å². The average Bonchev–Trinajstić information content (AvgIpc) is 2.67. The lowest BCUT2D eigenvalue weighted by atomic mass is 9.85. The van der Waals surface area contributed by atoms with E-state index in [1.165, 1.54) is 0 Å². The van der Waals surface area contributed by atoms with Gasteiger partial charge in [0.05, 0.1) is 12.2 Å². The number of methoxy groups -OCH3 is 6. The molecule has 0 bridgehead atoms. The summed E-state index contributed by atoms with van der Waals surface area (Å²) in [5.74, 6) is 0.854. The van der Waals surface area contributed by atoms with Gasteiger partial charge in [-0.3, -0.25) is 0 Å². The second-order valence-corrected chi connectivity index (χ2v) is 7.03. The second kappa shape index (κ2) is 15.8. The molecule has 4 unspecified atom stereocenters. The van der Waals surface area contributed by atoms with Gasteiger partial charge in [0.1, 0.15) is 0 Å². The molecular weight excluding hydrogens is 336 g/mol. The van der Waals surface area contributed by atoms with E-state index in [0.717, 1.165) is 38.5 Å². The van der Waals surface area contributed by atoms with E-state index in [2.05, 4.69) is 13.8 Å². The largest absolute Gasteiger partial charge is 0.381 e. The highest BCUT2D eigenvalue weighted by atomic mass is 16.7. The predicted molar refractivity (Wildman–Crippen MR) is 103 cm³/mol. The molecule has 0 saturated heterocycles. The molecular formula is C20H42O6. The van der Waals surface area contributed by atoms with Gasteiger partial charge in [0.25, 0.3) is 0 Å². The minimum absolute atomic E-state index is 0.132. The van der Waals surface area contributed by atoms with E-state index in [1.54, 1.807) is 42.7 Å². The third-order valence-electron chi connectivity index (χ3n) is 5.31. The molecule has 0 aliphatic carbocycles. The molecule has 0 aliphatic rings. The van der Waals surface area contributed by atoms with Crippen molar-refractivity contribution in [2.45, 2.75) is 77.2 Å². The standard InChI is InChI=1S/C20H42O6/c1-15(12-13-20(25-7)26-8)14-18(22-4)17(16(2)21-3)10-9-11-19(23-5)24-6/h15-20H,9-14H2,1-8H3. The van der Waals surface area contributed by atoms with Crippen LogP contribution in [0.25, 0.3) is 0 Å². The van der Waals surface area contributed by atoms with Crippen molar-refractivity contribution in [1.82, 2.24) is 0 Å². The van der Waals surface area contributed by atoms with Gasteiger partial charge in [0, 0.05) is 48.6 Å². The van der Waals surface area contributed by atoms with Crippen LogP contribution >= 0.6 is 0 Å². The van der Waals surface area contributed by atoms with Crippen LogP contribution in [0, 0.1) is 11.8 Å². The highest BCUT2D eigenvalue weighted by Crippen LogP contribution is 2.28. The maximum atomic E-state index is 5.87. The van der Waals surface area contributed by atoms with Crippen LogP contribution in [-0.4, -0.2) is 67.4 Å². The summed E-state index contributed by atoms with van der Waals surface area (Å²) >= 11 is 0. The topological polar surface area (TPSA) is 55.4 Å². The highest BCUT2D eigenvalue weighted by Gasteiger charge is 2.28. The van der Waals surface area contributed by atoms with Gasteiger partial charge in [-0.1, -0.05) is 6.92 Å². The molecule has 26 heavy (non-hydrogen) atoms. The van der Waals surface area contributed by atoms with E-state index in [1.807, 2.05) is 0 Å². The normalized spacial score (nSPS) is 16.8. The van der Waals surface area contributed by atoms with Crippen LogP contribution in [0.3, 0.4) is 0 Å². The van der Waals surface area contributed by atoms with Crippen molar-refractivity contribution in [2.75, 3.05) is 42.7 Å². The quantitative estimate of drug-likeness (QED) is 0.358. The highest BCUT2D eigenvalue weighted by molar-refractivity contribution is 4.78. The summed E-state index contributed by atoms with van der Waals surface area (Å²) in [5, 5.41) is 0. The van der Waals surface area contributed by atoms with Crippen molar-refractivity contribution in [1.29, 1.82) is 0 Å². The molecule has 0 fully saturated rings. The SMILES string of the molecule is COC(CCCC(C(C)OC)C(CC(C)CCC(OC)OC)OC)OC. The molecule has 0 saturated carbocycles. The molecule has 0 aliphatic heterocycles. The zero-order chi connectivity index (χ0) is 19.9. The number of rotatable bonds is 17. The monoisotopic (exact) mass is 378 g/mol. The van der Waals surface area contributed by atoms with Crippen molar-refractivity contribution < 1.29 is 28.4 Å². The smallest absolute Gasteiger partial charge is 0.156 e.